The standard InChI is InChI=1S/C15H21NO3/c1-9-7-13(19-2)14(12(8-16)15(17)18)11-6-4-3-5-10(9)11/h7,12H,3-6,8,16H2,1-2H3,(H,17,18). The lowest BCUT2D eigenvalue weighted by molar-refractivity contribution is -0.138. The van der Waals surface area contributed by atoms with Gasteiger partial charge in [0.15, 0.2) is 0 Å². The molecule has 4 nitrogen and oxygen atoms in total. The molecule has 0 radical (unpaired) electrons. The number of fused-ring (bicyclic) bond motifs is 1. The van der Waals surface area contributed by atoms with E-state index in [-0.39, 0.29) is 6.54 Å². The zero-order chi connectivity index (χ0) is 14.0. The second-order valence-electron chi connectivity index (χ2n) is 5.10. The molecule has 1 unspecified atom stereocenters. The van der Waals surface area contributed by atoms with E-state index in [1.807, 2.05) is 6.07 Å². The van der Waals surface area contributed by atoms with Crippen molar-refractivity contribution in [3.05, 3.63) is 28.3 Å². The number of rotatable bonds is 4. The van der Waals surface area contributed by atoms with Crippen molar-refractivity contribution in [2.24, 2.45) is 5.73 Å². The van der Waals surface area contributed by atoms with Crippen LogP contribution >= 0.6 is 0 Å². The Kier molecular flexibility index (Phi) is 4.10. The second kappa shape index (κ2) is 5.61. The highest BCUT2D eigenvalue weighted by Gasteiger charge is 2.28. The van der Waals surface area contributed by atoms with Gasteiger partial charge in [-0.25, -0.2) is 0 Å². The van der Waals surface area contributed by atoms with E-state index >= 15 is 0 Å². The van der Waals surface area contributed by atoms with Gasteiger partial charge in [0.1, 0.15) is 5.75 Å². The summed E-state index contributed by atoms with van der Waals surface area (Å²) in [5.74, 6) is -0.893. The summed E-state index contributed by atoms with van der Waals surface area (Å²) < 4.78 is 5.41. The minimum Gasteiger partial charge on any atom is -0.496 e. The lowest BCUT2D eigenvalue weighted by Crippen LogP contribution is -2.24. The highest BCUT2D eigenvalue weighted by atomic mass is 16.5. The van der Waals surface area contributed by atoms with Crippen LogP contribution in [-0.2, 0) is 17.6 Å². The first kappa shape index (κ1) is 13.9. The molecule has 3 N–H and O–H groups in total. The molecular weight excluding hydrogens is 242 g/mol. The molecule has 1 atom stereocenters. The molecule has 0 bridgehead atoms. The molecule has 0 amide bonds. The second-order valence-corrected chi connectivity index (χ2v) is 5.10. The van der Waals surface area contributed by atoms with Gasteiger partial charge in [-0.1, -0.05) is 0 Å². The van der Waals surface area contributed by atoms with Crippen molar-refractivity contribution < 1.29 is 14.6 Å². The molecule has 0 saturated heterocycles. The quantitative estimate of drug-likeness (QED) is 0.871. The fourth-order valence-corrected chi connectivity index (χ4v) is 3.04. The molecule has 1 aliphatic carbocycles. The van der Waals surface area contributed by atoms with Gasteiger partial charge in [0.2, 0.25) is 0 Å². The number of aliphatic carboxylic acids is 1. The Hall–Kier alpha value is -1.55. The Morgan fingerprint density at radius 1 is 1.42 bits per heavy atom. The number of ether oxygens (including phenoxy) is 1. The molecule has 19 heavy (non-hydrogen) atoms. The van der Waals surface area contributed by atoms with Gasteiger partial charge in [-0.2, -0.15) is 0 Å². The predicted octanol–water partition coefficient (Wildman–Crippen LogP) is 2.01. The Balaban J connectivity index is 2.65. The van der Waals surface area contributed by atoms with Crippen molar-refractivity contribution in [1.82, 2.24) is 0 Å². The zero-order valence-electron chi connectivity index (χ0n) is 11.5. The third kappa shape index (κ3) is 2.45. The number of nitrogens with two attached hydrogens (primary N) is 1. The maximum absolute atomic E-state index is 11.4. The van der Waals surface area contributed by atoms with Crippen molar-refractivity contribution in [3.63, 3.8) is 0 Å². The molecule has 0 saturated carbocycles. The molecule has 104 valence electrons. The first-order valence-electron chi connectivity index (χ1n) is 6.72. The maximum Gasteiger partial charge on any atom is 0.312 e. The van der Waals surface area contributed by atoms with Crippen LogP contribution in [0.1, 0.15) is 41.0 Å². The number of hydrogen-bond acceptors (Lipinski definition) is 3. The lowest BCUT2D eigenvalue weighted by atomic mass is 9.81. The average Bonchev–Trinajstić information content (AvgIpc) is 2.41. The summed E-state index contributed by atoms with van der Waals surface area (Å²) in [6, 6.07) is 1.95. The molecule has 4 heteroatoms. The predicted molar refractivity (Wildman–Crippen MR) is 73.8 cm³/mol. The van der Waals surface area contributed by atoms with E-state index in [9.17, 15) is 9.90 Å². The van der Waals surface area contributed by atoms with Crippen LogP contribution in [0.4, 0.5) is 0 Å². The number of hydrogen-bond donors (Lipinski definition) is 2. The molecule has 1 aliphatic rings. The van der Waals surface area contributed by atoms with E-state index in [2.05, 4.69) is 6.92 Å². The molecule has 0 aliphatic heterocycles. The maximum atomic E-state index is 11.4. The zero-order valence-corrected chi connectivity index (χ0v) is 11.5. The van der Waals surface area contributed by atoms with Crippen LogP contribution in [0, 0.1) is 6.92 Å². The van der Waals surface area contributed by atoms with Crippen LogP contribution in [0.2, 0.25) is 0 Å². The van der Waals surface area contributed by atoms with Crippen LogP contribution in [0.5, 0.6) is 5.75 Å². The number of benzene rings is 1. The lowest BCUT2D eigenvalue weighted by Gasteiger charge is -2.26. The molecule has 2 rings (SSSR count). The summed E-state index contributed by atoms with van der Waals surface area (Å²) in [4.78, 5) is 11.4. The summed E-state index contributed by atoms with van der Waals surface area (Å²) >= 11 is 0. The van der Waals surface area contributed by atoms with Gasteiger partial charge in [0, 0.05) is 12.1 Å². The normalized spacial score (nSPS) is 15.7. The smallest absolute Gasteiger partial charge is 0.312 e. The topological polar surface area (TPSA) is 72.5 Å². The average molecular weight is 263 g/mol. The van der Waals surface area contributed by atoms with E-state index in [0.29, 0.717) is 5.75 Å². The number of carboxylic acid groups (broad SMARTS) is 1. The molecule has 0 fully saturated rings. The molecule has 1 aromatic rings. The van der Waals surface area contributed by atoms with Crippen LogP contribution in [0.25, 0.3) is 0 Å². The van der Waals surface area contributed by atoms with E-state index < -0.39 is 11.9 Å². The number of carbonyl (C=O) groups is 1. The van der Waals surface area contributed by atoms with Crippen LogP contribution < -0.4 is 10.5 Å². The molecule has 1 aromatic carbocycles. The fourth-order valence-electron chi connectivity index (χ4n) is 3.04. The van der Waals surface area contributed by atoms with Crippen molar-refractivity contribution in [2.75, 3.05) is 13.7 Å². The first-order valence-corrected chi connectivity index (χ1v) is 6.72. The van der Waals surface area contributed by atoms with Gasteiger partial charge in [-0.05, 0) is 55.4 Å². The van der Waals surface area contributed by atoms with Gasteiger partial charge >= 0.3 is 5.97 Å². The van der Waals surface area contributed by atoms with E-state index in [4.69, 9.17) is 10.5 Å². The minimum absolute atomic E-state index is 0.0984. The van der Waals surface area contributed by atoms with Gasteiger partial charge in [-0.3, -0.25) is 4.79 Å². The molecule has 0 aromatic heterocycles. The Morgan fingerprint density at radius 2 is 2.05 bits per heavy atom. The van der Waals surface area contributed by atoms with Gasteiger partial charge < -0.3 is 15.6 Å². The molecular formula is C15H21NO3. The summed E-state index contributed by atoms with van der Waals surface area (Å²) in [7, 11) is 1.59. The largest absolute Gasteiger partial charge is 0.496 e. The Morgan fingerprint density at radius 3 is 2.58 bits per heavy atom. The van der Waals surface area contributed by atoms with Gasteiger partial charge in [0.05, 0.1) is 13.0 Å². The Bertz CT molecular complexity index is 497. The van der Waals surface area contributed by atoms with Crippen molar-refractivity contribution >= 4 is 5.97 Å². The SMILES string of the molecule is COc1cc(C)c2c(c1C(CN)C(=O)O)CCCC2. The van der Waals surface area contributed by atoms with Crippen LogP contribution in [0.15, 0.2) is 6.07 Å². The third-order valence-corrected chi connectivity index (χ3v) is 3.98. The fraction of sp³-hybridized carbons (Fsp3) is 0.533. The Labute approximate surface area is 113 Å². The summed E-state index contributed by atoms with van der Waals surface area (Å²) in [5.41, 5.74) is 10.1. The van der Waals surface area contributed by atoms with E-state index in [1.54, 1.807) is 7.11 Å². The summed E-state index contributed by atoms with van der Waals surface area (Å²) in [5, 5.41) is 9.38. The van der Waals surface area contributed by atoms with Crippen LogP contribution in [0.3, 0.4) is 0 Å². The molecule has 0 heterocycles. The van der Waals surface area contributed by atoms with Crippen molar-refractivity contribution in [1.29, 1.82) is 0 Å². The molecule has 0 spiro atoms. The monoisotopic (exact) mass is 263 g/mol. The van der Waals surface area contributed by atoms with Crippen LogP contribution in [-0.4, -0.2) is 24.7 Å². The van der Waals surface area contributed by atoms with Gasteiger partial charge in [-0.15, -0.1) is 0 Å². The number of aryl methyl sites for hydroxylation is 1. The van der Waals surface area contributed by atoms with Crippen molar-refractivity contribution in [2.45, 2.75) is 38.5 Å². The highest BCUT2D eigenvalue weighted by Crippen LogP contribution is 2.38. The minimum atomic E-state index is -0.877. The first-order chi connectivity index (χ1) is 9.10. The van der Waals surface area contributed by atoms with Gasteiger partial charge in [0.25, 0.3) is 0 Å². The third-order valence-electron chi connectivity index (χ3n) is 3.98. The summed E-state index contributed by atoms with van der Waals surface area (Å²) in [6.07, 6.45) is 4.21. The van der Waals surface area contributed by atoms with E-state index in [0.717, 1.165) is 30.4 Å². The highest BCUT2D eigenvalue weighted by molar-refractivity contribution is 5.79. The van der Waals surface area contributed by atoms with E-state index in [1.165, 1.54) is 17.5 Å². The number of carboxylic acids is 1. The number of methoxy groups -OCH3 is 1. The summed E-state index contributed by atoms with van der Waals surface area (Å²) in [6.45, 7) is 2.16. The van der Waals surface area contributed by atoms with Crippen molar-refractivity contribution in [3.8, 4) is 5.75 Å².